The Kier molecular flexibility index (Phi) is 5.75. The molecule has 0 aliphatic carbocycles. The average Bonchev–Trinajstić information content (AvgIpc) is 3.35. The standard InChI is InChI=1S/C24H29N5O2S/c1-16-2-7-19-20(25)21(32-23(19)28-16)22(30)27-10-8-17-3-5-18(6-4-17)29-12-9-24(15-29)14-26-11-13-31-24/h2-7,26H,8-15,25H2,1H3,(H,27,30). The number of thiophene rings is 1. The number of anilines is 2. The van der Waals surface area contributed by atoms with E-state index in [0.29, 0.717) is 17.1 Å². The number of carbonyl (C=O) groups is 1. The number of morpholine rings is 1. The zero-order valence-corrected chi connectivity index (χ0v) is 19.1. The van der Waals surface area contributed by atoms with Crippen molar-refractivity contribution in [3.05, 3.63) is 52.5 Å². The summed E-state index contributed by atoms with van der Waals surface area (Å²) in [7, 11) is 0. The Morgan fingerprint density at radius 2 is 2.16 bits per heavy atom. The summed E-state index contributed by atoms with van der Waals surface area (Å²) in [6.07, 6.45) is 1.83. The van der Waals surface area contributed by atoms with Gasteiger partial charge in [-0.05, 0) is 49.6 Å². The second kappa shape index (κ2) is 8.69. The van der Waals surface area contributed by atoms with Crippen LogP contribution in [0.5, 0.6) is 0 Å². The van der Waals surface area contributed by atoms with E-state index in [2.05, 4.69) is 44.8 Å². The second-order valence-corrected chi connectivity index (χ2v) is 9.70. The van der Waals surface area contributed by atoms with Crippen molar-refractivity contribution in [3.8, 4) is 0 Å². The molecular weight excluding hydrogens is 422 g/mol. The fourth-order valence-corrected chi connectivity index (χ4v) is 5.62. The van der Waals surface area contributed by atoms with Crippen LogP contribution in [0.4, 0.5) is 11.4 Å². The number of nitrogens with one attached hydrogen (secondary N) is 2. The van der Waals surface area contributed by atoms with Crippen LogP contribution < -0.4 is 21.3 Å². The smallest absolute Gasteiger partial charge is 0.263 e. The summed E-state index contributed by atoms with van der Waals surface area (Å²) in [6.45, 7) is 7.11. The maximum absolute atomic E-state index is 12.7. The van der Waals surface area contributed by atoms with Gasteiger partial charge in [-0.25, -0.2) is 4.98 Å². The Labute approximate surface area is 192 Å². The number of aromatic nitrogens is 1. The van der Waals surface area contributed by atoms with Crippen molar-refractivity contribution in [1.29, 1.82) is 0 Å². The van der Waals surface area contributed by atoms with Crippen LogP contribution in [0.25, 0.3) is 10.2 Å². The van der Waals surface area contributed by atoms with Crippen LogP contribution >= 0.6 is 11.3 Å². The van der Waals surface area contributed by atoms with Gasteiger partial charge >= 0.3 is 0 Å². The fraction of sp³-hybridized carbons (Fsp3) is 0.417. The molecule has 1 unspecified atom stereocenters. The minimum absolute atomic E-state index is 0.0378. The Morgan fingerprint density at radius 1 is 1.31 bits per heavy atom. The number of aryl methyl sites for hydroxylation is 1. The summed E-state index contributed by atoms with van der Waals surface area (Å²) in [5.41, 5.74) is 10.0. The van der Waals surface area contributed by atoms with Gasteiger partial charge in [0.25, 0.3) is 5.91 Å². The van der Waals surface area contributed by atoms with Crippen LogP contribution in [0, 0.1) is 6.92 Å². The third-order valence-corrected chi connectivity index (χ3v) is 7.50. The molecule has 0 radical (unpaired) electrons. The van der Waals surface area contributed by atoms with E-state index in [9.17, 15) is 4.79 Å². The van der Waals surface area contributed by atoms with Crippen LogP contribution in [0.1, 0.15) is 27.3 Å². The maximum atomic E-state index is 12.7. The summed E-state index contributed by atoms with van der Waals surface area (Å²) in [6, 6.07) is 12.5. The van der Waals surface area contributed by atoms with Gasteiger partial charge < -0.3 is 26.0 Å². The molecule has 1 amide bonds. The quantitative estimate of drug-likeness (QED) is 0.552. The number of pyridine rings is 1. The normalized spacial score (nSPS) is 20.8. The van der Waals surface area contributed by atoms with Crippen LogP contribution in [0.15, 0.2) is 36.4 Å². The van der Waals surface area contributed by atoms with Crippen molar-refractivity contribution in [2.24, 2.45) is 0 Å². The number of nitrogens with two attached hydrogens (primary N) is 1. The van der Waals surface area contributed by atoms with E-state index in [1.165, 1.54) is 22.6 Å². The van der Waals surface area contributed by atoms with E-state index < -0.39 is 0 Å². The molecule has 2 aliphatic rings. The third kappa shape index (κ3) is 4.18. The molecule has 2 aromatic heterocycles. The molecule has 3 aromatic rings. The number of hydrogen-bond donors (Lipinski definition) is 3. The van der Waals surface area contributed by atoms with Gasteiger partial charge in [-0.15, -0.1) is 11.3 Å². The molecule has 1 atom stereocenters. The van der Waals surface area contributed by atoms with Gasteiger partial charge in [-0.1, -0.05) is 12.1 Å². The molecule has 7 nitrogen and oxygen atoms in total. The van der Waals surface area contributed by atoms with Gasteiger partial charge in [-0.3, -0.25) is 4.79 Å². The predicted molar refractivity (Wildman–Crippen MR) is 130 cm³/mol. The largest absolute Gasteiger partial charge is 0.397 e. The molecule has 8 heteroatoms. The van der Waals surface area contributed by atoms with Crippen molar-refractivity contribution in [1.82, 2.24) is 15.6 Å². The van der Waals surface area contributed by atoms with E-state index in [1.807, 2.05) is 19.1 Å². The number of carbonyl (C=O) groups excluding carboxylic acids is 1. The molecule has 0 saturated carbocycles. The molecule has 5 rings (SSSR count). The molecule has 32 heavy (non-hydrogen) atoms. The minimum Gasteiger partial charge on any atom is -0.397 e. The van der Waals surface area contributed by atoms with E-state index in [4.69, 9.17) is 10.5 Å². The second-order valence-electron chi connectivity index (χ2n) is 8.70. The van der Waals surface area contributed by atoms with E-state index in [0.717, 1.165) is 61.5 Å². The van der Waals surface area contributed by atoms with Crippen molar-refractivity contribution in [2.45, 2.75) is 25.4 Å². The maximum Gasteiger partial charge on any atom is 0.263 e. The molecule has 168 valence electrons. The first-order chi connectivity index (χ1) is 15.5. The first kappa shape index (κ1) is 21.2. The number of hydrogen-bond acceptors (Lipinski definition) is 7. The summed E-state index contributed by atoms with van der Waals surface area (Å²) in [5, 5.41) is 7.31. The lowest BCUT2D eigenvalue weighted by atomic mass is 10.0. The van der Waals surface area contributed by atoms with Crippen LogP contribution in [0.2, 0.25) is 0 Å². The lowest BCUT2D eigenvalue weighted by Gasteiger charge is -2.34. The van der Waals surface area contributed by atoms with E-state index in [1.54, 1.807) is 0 Å². The van der Waals surface area contributed by atoms with Crippen molar-refractivity contribution < 1.29 is 9.53 Å². The highest BCUT2D eigenvalue weighted by atomic mass is 32.1. The Bertz CT molecular complexity index is 1120. The van der Waals surface area contributed by atoms with Gasteiger partial charge in [0, 0.05) is 49.5 Å². The lowest BCUT2D eigenvalue weighted by Crippen LogP contribution is -2.51. The molecule has 2 saturated heterocycles. The van der Waals surface area contributed by atoms with Gasteiger partial charge in [0.15, 0.2) is 0 Å². The highest BCUT2D eigenvalue weighted by Crippen LogP contribution is 2.33. The number of ether oxygens (including phenoxy) is 1. The summed E-state index contributed by atoms with van der Waals surface area (Å²) >= 11 is 1.35. The molecule has 2 fully saturated rings. The van der Waals surface area contributed by atoms with Gasteiger partial charge in [0.05, 0.1) is 17.9 Å². The van der Waals surface area contributed by atoms with Gasteiger partial charge in [-0.2, -0.15) is 0 Å². The molecular formula is C24H29N5O2S. The highest BCUT2D eigenvalue weighted by Gasteiger charge is 2.40. The zero-order valence-electron chi connectivity index (χ0n) is 18.3. The van der Waals surface area contributed by atoms with Crippen molar-refractivity contribution in [2.75, 3.05) is 50.0 Å². The van der Waals surface area contributed by atoms with E-state index in [-0.39, 0.29) is 11.5 Å². The van der Waals surface area contributed by atoms with E-state index >= 15 is 0 Å². The minimum atomic E-state index is -0.136. The van der Waals surface area contributed by atoms with Crippen LogP contribution in [-0.4, -0.2) is 55.8 Å². The summed E-state index contributed by atoms with van der Waals surface area (Å²) < 4.78 is 6.09. The third-order valence-electron chi connectivity index (χ3n) is 6.39. The topological polar surface area (TPSA) is 92.5 Å². The molecule has 1 aromatic carbocycles. The number of fused-ring (bicyclic) bond motifs is 1. The number of amides is 1. The number of nitrogen functional groups attached to an aromatic ring is 1. The monoisotopic (exact) mass is 451 g/mol. The SMILES string of the molecule is Cc1ccc2c(N)c(C(=O)NCCc3ccc(N4CCC5(CNCCO5)C4)cc3)sc2n1. The fourth-order valence-electron chi connectivity index (χ4n) is 4.57. The number of benzene rings is 1. The van der Waals surface area contributed by atoms with Gasteiger partial charge in [0.2, 0.25) is 0 Å². The molecule has 4 N–H and O–H groups in total. The van der Waals surface area contributed by atoms with Crippen molar-refractivity contribution in [3.63, 3.8) is 0 Å². The molecule has 1 spiro atoms. The zero-order chi connectivity index (χ0) is 22.1. The van der Waals surface area contributed by atoms with Gasteiger partial charge in [0.1, 0.15) is 9.71 Å². The first-order valence-electron chi connectivity index (χ1n) is 11.2. The Balaban J connectivity index is 1.16. The average molecular weight is 452 g/mol. The van der Waals surface area contributed by atoms with Crippen LogP contribution in [0.3, 0.4) is 0 Å². The number of nitrogens with zero attached hydrogens (tertiary/aromatic N) is 2. The first-order valence-corrected chi connectivity index (χ1v) is 12.0. The predicted octanol–water partition coefficient (Wildman–Crippen LogP) is 2.73. The molecule has 0 bridgehead atoms. The summed E-state index contributed by atoms with van der Waals surface area (Å²) in [4.78, 5) is 20.9. The summed E-state index contributed by atoms with van der Waals surface area (Å²) in [5.74, 6) is -0.136. The van der Waals surface area contributed by atoms with Crippen LogP contribution in [-0.2, 0) is 11.2 Å². The lowest BCUT2D eigenvalue weighted by molar-refractivity contribution is -0.0496. The Morgan fingerprint density at radius 3 is 2.94 bits per heavy atom. The molecule has 2 aliphatic heterocycles. The highest BCUT2D eigenvalue weighted by molar-refractivity contribution is 7.21. The van der Waals surface area contributed by atoms with Crippen molar-refractivity contribution >= 4 is 38.8 Å². The molecule has 4 heterocycles. The number of rotatable bonds is 5. The Hall–Kier alpha value is -2.68.